The quantitative estimate of drug-likeness (QED) is 0.315. The van der Waals surface area contributed by atoms with E-state index in [-0.39, 0.29) is 19.0 Å². The third-order valence-electron chi connectivity index (χ3n) is 3.22. The van der Waals surface area contributed by atoms with Gasteiger partial charge in [0.15, 0.2) is 19.0 Å². The maximum absolute atomic E-state index is 11.7. The van der Waals surface area contributed by atoms with E-state index in [0.717, 1.165) is 5.56 Å². The molecule has 4 N–H and O–H groups in total. The Morgan fingerprint density at radius 1 is 0.962 bits per heavy atom. The molecule has 0 spiro atoms. The summed E-state index contributed by atoms with van der Waals surface area (Å²) in [4.78, 5) is 27.1. The minimum Gasteiger partial charge on any atom is -0.484 e. The van der Waals surface area contributed by atoms with E-state index in [0.29, 0.717) is 17.1 Å². The number of oxime groups is 1. The summed E-state index contributed by atoms with van der Waals surface area (Å²) in [5, 5.41) is 3.58. The molecule has 0 aliphatic heterocycles. The lowest BCUT2D eigenvalue weighted by atomic mass is 10.2. The van der Waals surface area contributed by atoms with Crippen LogP contribution in [0.5, 0.6) is 11.5 Å². The molecule has 0 heterocycles. The van der Waals surface area contributed by atoms with Crippen LogP contribution in [-0.2, 0) is 14.4 Å². The van der Waals surface area contributed by atoms with Crippen molar-refractivity contribution in [2.45, 2.75) is 6.92 Å². The van der Waals surface area contributed by atoms with Gasteiger partial charge in [0.1, 0.15) is 11.5 Å². The number of amidine groups is 1. The summed E-state index contributed by atoms with van der Waals surface area (Å²) < 4.78 is 10.5. The predicted molar refractivity (Wildman–Crippen MR) is 94.6 cm³/mol. The SMILES string of the molecule is Cc1ccccc1OCC(=O)O/N=C(\N)c1ccc(OCC(N)=O)cc1. The molecular formula is C18H19N3O5. The van der Waals surface area contributed by atoms with Crippen LogP contribution in [0.3, 0.4) is 0 Å². The number of carbonyl (C=O) groups excluding carboxylic acids is 2. The van der Waals surface area contributed by atoms with Crippen LogP contribution in [0.25, 0.3) is 0 Å². The van der Waals surface area contributed by atoms with Crippen LogP contribution in [0.15, 0.2) is 53.7 Å². The molecule has 26 heavy (non-hydrogen) atoms. The van der Waals surface area contributed by atoms with Crippen LogP contribution in [-0.4, -0.2) is 30.9 Å². The molecule has 0 fully saturated rings. The van der Waals surface area contributed by atoms with Crippen LogP contribution < -0.4 is 20.9 Å². The van der Waals surface area contributed by atoms with Gasteiger partial charge in [0.25, 0.3) is 5.91 Å². The van der Waals surface area contributed by atoms with Crippen molar-refractivity contribution in [3.05, 3.63) is 59.7 Å². The van der Waals surface area contributed by atoms with E-state index < -0.39 is 11.9 Å². The number of benzene rings is 2. The number of para-hydroxylation sites is 1. The molecular weight excluding hydrogens is 338 g/mol. The van der Waals surface area contributed by atoms with E-state index >= 15 is 0 Å². The second kappa shape index (κ2) is 9.07. The van der Waals surface area contributed by atoms with Gasteiger partial charge in [-0.1, -0.05) is 23.4 Å². The molecule has 0 saturated heterocycles. The van der Waals surface area contributed by atoms with E-state index in [1.165, 1.54) is 0 Å². The fourth-order valence-corrected chi connectivity index (χ4v) is 1.91. The third-order valence-corrected chi connectivity index (χ3v) is 3.22. The fraction of sp³-hybridized carbons (Fsp3) is 0.167. The average Bonchev–Trinajstić information content (AvgIpc) is 2.64. The zero-order valence-electron chi connectivity index (χ0n) is 14.2. The topological polar surface area (TPSA) is 126 Å². The molecule has 0 aliphatic rings. The number of nitrogens with two attached hydrogens (primary N) is 2. The maximum atomic E-state index is 11.7. The van der Waals surface area contributed by atoms with Crippen molar-refractivity contribution in [2.75, 3.05) is 13.2 Å². The summed E-state index contributed by atoms with van der Waals surface area (Å²) in [6.45, 7) is 1.36. The number of aryl methyl sites for hydroxylation is 1. The van der Waals surface area contributed by atoms with E-state index in [2.05, 4.69) is 5.16 Å². The Morgan fingerprint density at radius 3 is 2.31 bits per heavy atom. The van der Waals surface area contributed by atoms with Crippen LogP contribution in [0.4, 0.5) is 0 Å². The molecule has 0 radical (unpaired) electrons. The van der Waals surface area contributed by atoms with Crippen LogP contribution in [0.1, 0.15) is 11.1 Å². The summed E-state index contributed by atoms with van der Waals surface area (Å²) in [5.74, 6) is -0.208. The third kappa shape index (κ3) is 5.82. The first kappa shape index (κ1) is 18.8. The summed E-state index contributed by atoms with van der Waals surface area (Å²) in [6.07, 6.45) is 0. The largest absolute Gasteiger partial charge is 0.484 e. The number of hydrogen-bond donors (Lipinski definition) is 2. The van der Waals surface area contributed by atoms with Crippen LogP contribution >= 0.6 is 0 Å². The van der Waals surface area contributed by atoms with E-state index in [4.69, 9.17) is 25.8 Å². The molecule has 8 nitrogen and oxygen atoms in total. The highest BCUT2D eigenvalue weighted by Crippen LogP contribution is 2.16. The summed E-state index contributed by atoms with van der Waals surface area (Å²) >= 11 is 0. The maximum Gasteiger partial charge on any atom is 0.372 e. The summed E-state index contributed by atoms with van der Waals surface area (Å²) in [7, 11) is 0. The van der Waals surface area contributed by atoms with E-state index in [1.807, 2.05) is 19.1 Å². The first-order valence-electron chi connectivity index (χ1n) is 7.69. The Kier molecular flexibility index (Phi) is 6.55. The minimum absolute atomic E-state index is 0.00990. The van der Waals surface area contributed by atoms with Crippen molar-refractivity contribution in [1.82, 2.24) is 0 Å². The van der Waals surface area contributed by atoms with Gasteiger partial charge in [0.2, 0.25) is 0 Å². The van der Waals surface area contributed by atoms with Crippen molar-refractivity contribution >= 4 is 17.7 Å². The van der Waals surface area contributed by atoms with Gasteiger partial charge < -0.3 is 25.8 Å². The van der Waals surface area contributed by atoms with Gasteiger partial charge in [0.05, 0.1) is 0 Å². The molecule has 0 aliphatic carbocycles. The second-order valence-electron chi connectivity index (χ2n) is 5.27. The Bertz CT molecular complexity index is 803. The molecule has 2 aromatic carbocycles. The smallest absolute Gasteiger partial charge is 0.372 e. The Hall–Kier alpha value is -3.55. The molecule has 0 aromatic heterocycles. The second-order valence-corrected chi connectivity index (χ2v) is 5.27. The van der Waals surface area contributed by atoms with Gasteiger partial charge in [-0.05, 0) is 42.8 Å². The van der Waals surface area contributed by atoms with Gasteiger partial charge in [-0.15, -0.1) is 0 Å². The molecule has 2 aromatic rings. The van der Waals surface area contributed by atoms with Crippen molar-refractivity contribution in [3.63, 3.8) is 0 Å². The molecule has 0 unspecified atom stereocenters. The molecule has 0 atom stereocenters. The predicted octanol–water partition coefficient (Wildman–Crippen LogP) is 1.10. The average molecular weight is 357 g/mol. The zero-order chi connectivity index (χ0) is 18.9. The van der Waals surface area contributed by atoms with Crippen molar-refractivity contribution in [3.8, 4) is 11.5 Å². The Labute approximate surface area is 150 Å². The van der Waals surface area contributed by atoms with Gasteiger partial charge in [0, 0.05) is 5.56 Å². The van der Waals surface area contributed by atoms with Gasteiger partial charge in [-0.3, -0.25) is 4.79 Å². The van der Waals surface area contributed by atoms with Crippen molar-refractivity contribution < 1.29 is 23.9 Å². The van der Waals surface area contributed by atoms with Crippen LogP contribution in [0, 0.1) is 6.92 Å². The van der Waals surface area contributed by atoms with Crippen molar-refractivity contribution in [2.24, 2.45) is 16.6 Å². The van der Waals surface area contributed by atoms with Crippen LogP contribution in [0.2, 0.25) is 0 Å². The first-order chi connectivity index (χ1) is 12.5. The minimum atomic E-state index is -0.683. The molecule has 2 rings (SSSR count). The molecule has 0 bridgehead atoms. The number of carbonyl (C=O) groups is 2. The monoisotopic (exact) mass is 357 g/mol. The number of nitrogens with zero attached hydrogens (tertiary/aromatic N) is 1. The lowest BCUT2D eigenvalue weighted by Crippen LogP contribution is -2.20. The number of primary amides is 1. The number of ether oxygens (including phenoxy) is 2. The fourth-order valence-electron chi connectivity index (χ4n) is 1.91. The standard InChI is InChI=1S/C18H19N3O5/c1-12-4-2-3-5-15(12)25-11-17(23)26-21-18(20)13-6-8-14(9-7-13)24-10-16(19)22/h2-9H,10-11H2,1H3,(H2,19,22)(H2,20,21). The van der Waals surface area contributed by atoms with E-state index in [9.17, 15) is 9.59 Å². The van der Waals surface area contributed by atoms with E-state index in [1.54, 1.807) is 36.4 Å². The van der Waals surface area contributed by atoms with Gasteiger partial charge in [-0.2, -0.15) is 0 Å². The molecule has 1 amide bonds. The van der Waals surface area contributed by atoms with Gasteiger partial charge >= 0.3 is 5.97 Å². The number of amides is 1. The highest BCUT2D eigenvalue weighted by Gasteiger charge is 2.07. The van der Waals surface area contributed by atoms with Gasteiger partial charge in [-0.25, -0.2) is 4.79 Å². The van der Waals surface area contributed by atoms with Crippen molar-refractivity contribution in [1.29, 1.82) is 0 Å². The number of rotatable bonds is 8. The number of hydrogen-bond acceptors (Lipinski definition) is 6. The Morgan fingerprint density at radius 2 is 1.65 bits per heavy atom. The molecule has 8 heteroatoms. The summed E-state index contributed by atoms with van der Waals surface area (Å²) in [6, 6.07) is 13.7. The highest BCUT2D eigenvalue weighted by atomic mass is 16.7. The Balaban J connectivity index is 1.85. The first-order valence-corrected chi connectivity index (χ1v) is 7.69. The lowest BCUT2D eigenvalue weighted by Gasteiger charge is -2.07. The normalized spacial score (nSPS) is 10.9. The molecule has 136 valence electrons. The summed E-state index contributed by atoms with van der Waals surface area (Å²) in [5.41, 5.74) is 12.2. The zero-order valence-corrected chi connectivity index (χ0v) is 14.2. The highest BCUT2D eigenvalue weighted by molar-refractivity contribution is 5.97. The lowest BCUT2D eigenvalue weighted by molar-refractivity contribution is -0.146. The molecule has 0 saturated carbocycles.